The molecular weight excluding hydrogens is 334 g/mol. The Balaban J connectivity index is 1.95. The van der Waals surface area contributed by atoms with Crippen molar-refractivity contribution >= 4 is 52.0 Å². The first-order chi connectivity index (χ1) is 11.1. The minimum Gasteiger partial charge on any atom is -0.369 e. The summed E-state index contributed by atoms with van der Waals surface area (Å²) in [6.07, 6.45) is 5.01. The number of benzene rings is 1. The van der Waals surface area contributed by atoms with E-state index < -0.39 is 5.66 Å². The molecule has 0 saturated heterocycles. The van der Waals surface area contributed by atoms with Gasteiger partial charge < -0.3 is 11.5 Å². The van der Waals surface area contributed by atoms with Gasteiger partial charge in [-0.3, -0.25) is 4.90 Å². The van der Waals surface area contributed by atoms with E-state index in [-0.39, 0.29) is 5.96 Å². The predicted octanol–water partition coefficient (Wildman–Crippen LogP) is 2.45. The van der Waals surface area contributed by atoms with Gasteiger partial charge in [0.1, 0.15) is 16.7 Å². The fraction of sp³-hybridized carbons (Fsp3) is 0.429. The molecule has 4 N–H and O–H groups in total. The van der Waals surface area contributed by atoms with Crippen molar-refractivity contribution in [3.8, 4) is 0 Å². The van der Waals surface area contributed by atoms with Gasteiger partial charge in [-0.05, 0) is 37.8 Å². The van der Waals surface area contributed by atoms with Crippen LogP contribution in [0.5, 0.6) is 0 Å². The standard InChI is InChI=1S/C14H16ClN7S/c15-8-4-5-9-10(21-23-20-9)11(8)22-13(17)18-12(16)19-14(22)6-2-1-3-7-14/h4-5H,1-3,6-7H2,(H4,16,17,18,19). The molecule has 0 radical (unpaired) electrons. The van der Waals surface area contributed by atoms with Crippen molar-refractivity contribution in [2.24, 2.45) is 21.5 Å². The number of nitrogens with two attached hydrogens (primary N) is 2. The lowest BCUT2D eigenvalue weighted by Gasteiger charge is -2.45. The van der Waals surface area contributed by atoms with Gasteiger partial charge in [-0.25, -0.2) is 4.99 Å². The van der Waals surface area contributed by atoms with Gasteiger partial charge in [0.15, 0.2) is 0 Å². The summed E-state index contributed by atoms with van der Waals surface area (Å²) in [5.41, 5.74) is 13.8. The van der Waals surface area contributed by atoms with Crippen molar-refractivity contribution < 1.29 is 0 Å². The number of rotatable bonds is 1. The number of nitrogens with zero attached hydrogens (tertiary/aromatic N) is 5. The third kappa shape index (κ3) is 2.24. The second kappa shape index (κ2) is 5.31. The van der Waals surface area contributed by atoms with Crippen molar-refractivity contribution in [3.05, 3.63) is 17.2 Å². The SMILES string of the molecule is NC1=NC2(CCCCC2)N(c2c(Cl)ccc3nsnc23)C(N)=N1. The van der Waals surface area contributed by atoms with Gasteiger partial charge in [0.25, 0.3) is 0 Å². The number of fused-ring (bicyclic) bond motifs is 1. The largest absolute Gasteiger partial charge is 0.369 e. The fourth-order valence-electron chi connectivity index (χ4n) is 3.47. The zero-order valence-corrected chi connectivity index (χ0v) is 13.9. The van der Waals surface area contributed by atoms with Gasteiger partial charge in [0.2, 0.25) is 11.9 Å². The molecule has 0 bridgehead atoms. The second-order valence-corrected chi connectivity index (χ2v) is 6.78. The normalized spacial score (nSPS) is 20.7. The molecule has 1 aromatic carbocycles. The Labute approximate surface area is 142 Å². The zero-order valence-electron chi connectivity index (χ0n) is 12.4. The summed E-state index contributed by atoms with van der Waals surface area (Å²) in [7, 11) is 0. The van der Waals surface area contributed by atoms with Gasteiger partial charge in [0.05, 0.1) is 22.4 Å². The molecule has 4 rings (SSSR count). The van der Waals surface area contributed by atoms with Crippen molar-refractivity contribution in [1.29, 1.82) is 0 Å². The summed E-state index contributed by atoms with van der Waals surface area (Å²) in [5, 5.41) is 0.559. The van der Waals surface area contributed by atoms with E-state index >= 15 is 0 Å². The number of hydrogen-bond donors (Lipinski definition) is 2. The maximum absolute atomic E-state index is 6.50. The molecule has 1 saturated carbocycles. The molecule has 0 unspecified atom stereocenters. The third-order valence-electron chi connectivity index (χ3n) is 4.43. The van der Waals surface area contributed by atoms with E-state index in [1.54, 1.807) is 0 Å². The van der Waals surface area contributed by atoms with Crippen LogP contribution in [0.15, 0.2) is 22.1 Å². The summed E-state index contributed by atoms with van der Waals surface area (Å²) in [5.74, 6) is 0.530. The highest BCUT2D eigenvalue weighted by Gasteiger charge is 2.44. The second-order valence-electron chi connectivity index (χ2n) is 5.85. The lowest BCUT2D eigenvalue weighted by molar-refractivity contribution is 0.306. The Morgan fingerprint density at radius 2 is 1.91 bits per heavy atom. The molecule has 1 aromatic heterocycles. The van der Waals surface area contributed by atoms with Crippen LogP contribution < -0.4 is 16.4 Å². The molecule has 1 aliphatic carbocycles. The van der Waals surface area contributed by atoms with E-state index in [9.17, 15) is 0 Å². The first kappa shape index (κ1) is 14.6. The molecule has 2 aromatic rings. The third-order valence-corrected chi connectivity index (χ3v) is 5.27. The molecule has 9 heteroatoms. The van der Waals surface area contributed by atoms with E-state index in [1.807, 2.05) is 17.0 Å². The zero-order chi connectivity index (χ0) is 16.0. The average molecular weight is 350 g/mol. The minimum absolute atomic E-state index is 0.223. The van der Waals surface area contributed by atoms with Crippen LogP contribution in [0.2, 0.25) is 5.02 Å². The van der Waals surface area contributed by atoms with Crippen LogP contribution in [0.25, 0.3) is 11.0 Å². The summed E-state index contributed by atoms with van der Waals surface area (Å²) < 4.78 is 8.69. The molecule has 120 valence electrons. The first-order valence-corrected chi connectivity index (χ1v) is 8.62. The highest BCUT2D eigenvalue weighted by molar-refractivity contribution is 7.00. The Morgan fingerprint density at radius 1 is 1.13 bits per heavy atom. The van der Waals surface area contributed by atoms with Gasteiger partial charge in [0, 0.05) is 0 Å². The Bertz CT molecular complexity index is 822. The Kier molecular flexibility index (Phi) is 3.38. The molecule has 2 heterocycles. The van der Waals surface area contributed by atoms with Crippen LogP contribution in [-0.4, -0.2) is 26.3 Å². The summed E-state index contributed by atoms with van der Waals surface area (Å²) >= 11 is 7.65. The lowest BCUT2D eigenvalue weighted by Crippen LogP contribution is -2.58. The number of halogens is 1. The highest BCUT2D eigenvalue weighted by atomic mass is 35.5. The van der Waals surface area contributed by atoms with Crippen LogP contribution >= 0.6 is 23.3 Å². The Morgan fingerprint density at radius 3 is 2.70 bits per heavy atom. The van der Waals surface area contributed by atoms with Crippen molar-refractivity contribution in [3.63, 3.8) is 0 Å². The first-order valence-electron chi connectivity index (χ1n) is 7.51. The number of aliphatic imine (C=N–C) groups is 2. The molecule has 0 amide bonds. The quantitative estimate of drug-likeness (QED) is 0.822. The van der Waals surface area contributed by atoms with Crippen LogP contribution in [0.3, 0.4) is 0 Å². The van der Waals surface area contributed by atoms with Crippen LogP contribution in [0.1, 0.15) is 32.1 Å². The van der Waals surface area contributed by atoms with Crippen LogP contribution in [0.4, 0.5) is 5.69 Å². The average Bonchev–Trinajstić information content (AvgIpc) is 2.98. The summed E-state index contributed by atoms with van der Waals surface area (Å²) in [6.45, 7) is 0. The number of anilines is 1. The lowest BCUT2D eigenvalue weighted by atomic mass is 9.87. The number of guanidine groups is 2. The van der Waals surface area contributed by atoms with Gasteiger partial charge in [-0.1, -0.05) is 18.0 Å². The molecular formula is C14H16ClN7S. The molecule has 23 heavy (non-hydrogen) atoms. The predicted molar refractivity (Wildman–Crippen MR) is 94.0 cm³/mol. The number of aromatic nitrogens is 2. The summed E-state index contributed by atoms with van der Waals surface area (Å²) in [4.78, 5) is 10.7. The monoisotopic (exact) mass is 349 g/mol. The van der Waals surface area contributed by atoms with Crippen LogP contribution in [-0.2, 0) is 0 Å². The van der Waals surface area contributed by atoms with E-state index in [4.69, 9.17) is 23.1 Å². The van der Waals surface area contributed by atoms with Gasteiger partial charge >= 0.3 is 0 Å². The van der Waals surface area contributed by atoms with E-state index in [0.717, 1.165) is 54.1 Å². The summed E-state index contributed by atoms with van der Waals surface area (Å²) in [6, 6.07) is 3.67. The van der Waals surface area contributed by atoms with E-state index in [0.29, 0.717) is 11.0 Å². The molecule has 1 fully saturated rings. The highest BCUT2D eigenvalue weighted by Crippen LogP contribution is 2.44. The van der Waals surface area contributed by atoms with E-state index in [1.165, 1.54) is 6.42 Å². The fourth-order valence-corrected chi connectivity index (χ4v) is 4.25. The molecule has 1 aliphatic heterocycles. The number of hydrogen-bond acceptors (Lipinski definition) is 8. The minimum atomic E-state index is -0.532. The maximum atomic E-state index is 6.50. The Hall–Kier alpha value is -1.93. The molecule has 1 spiro atoms. The van der Waals surface area contributed by atoms with Gasteiger partial charge in [-0.2, -0.15) is 13.7 Å². The van der Waals surface area contributed by atoms with Gasteiger partial charge in [-0.15, -0.1) is 0 Å². The smallest absolute Gasteiger partial charge is 0.220 e. The maximum Gasteiger partial charge on any atom is 0.220 e. The topological polar surface area (TPSA) is 106 Å². The molecule has 0 atom stereocenters. The molecule has 7 nitrogen and oxygen atoms in total. The van der Waals surface area contributed by atoms with Crippen LogP contribution in [0, 0.1) is 0 Å². The van der Waals surface area contributed by atoms with E-state index in [2.05, 4.69) is 18.7 Å². The van der Waals surface area contributed by atoms with Crippen molar-refractivity contribution in [2.75, 3.05) is 4.90 Å². The van der Waals surface area contributed by atoms with Crippen molar-refractivity contribution in [1.82, 2.24) is 8.75 Å². The van der Waals surface area contributed by atoms with Crippen molar-refractivity contribution in [2.45, 2.75) is 37.8 Å². The molecule has 2 aliphatic rings.